The van der Waals surface area contributed by atoms with E-state index in [0.29, 0.717) is 0 Å². The molecule has 0 aliphatic carbocycles. The number of rotatable bonds is 4. The van der Waals surface area contributed by atoms with Crippen LogP contribution < -0.4 is 0 Å². The summed E-state index contributed by atoms with van der Waals surface area (Å²) in [6.45, 7) is 9.79. The van der Waals surface area contributed by atoms with Crippen molar-refractivity contribution in [3.05, 3.63) is 36.6 Å². The molecule has 1 unspecified atom stereocenters. The fourth-order valence-electron chi connectivity index (χ4n) is 1.83. The number of hydrogen-bond donors (Lipinski definition) is 0. The van der Waals surface area contributed by atoms with Crippen molar-refractivity contribution < 1.29 is 0 Å². The van der Waals surface area contributed by atoms with Gasteiger partial charge in [0, 0.05) is 25.4 Å². The third-order valence-corrected chi connectivity index (χ3v) is 2.89. The normalized spacial score (nSPS) is 24.9. The fourth-order valence-corrected chi connectivity index (χ4v) is 1.83. The van der Waals surface area contributed by atoms with Crippen molar-refractivity contribution in [3.8, 4) is 0 Å². The molecule has 1 atom stereocenters. The molecule has 0 aromatic rings. The smallest absolute Gasteiger partial charge is 0.135 e. The lowest BCUT2D eigenvalue weighted by molar-refractivity contribution is 0.206. The molecule has 0 bridgehead atoms. The fraction of sp³-hybridized carbons (Fsp3) is 0.429. The molecule has 3 heteroatoms. The minimum atomic E-state index is -0.264. The first kappa shape index (κ1) is 13.4. The molecule has 0 spiro atoms. The first-order valence-corrected chi connectivity index (χ1v) is 5.81. The van der Waals surface area contributed by atoms with Crippen LogP contribution in [0, 0.1) is 0 Å². The van der Waals surface area contributed by atoms with Gasteiger partial charge in [-0.25, -0.2) is 9.98 Å². The number of nitrogens with zero attached hydrogens (tertiary/aromatic N) is 3. The van der Waals surface area contributed by atoms with E-state index in [1.165, 1.54) is 0 Å². The van der Waals surface area contributed by atoms with Gasteiger partial charge in [0.1, 0.15) is 11.5 Å². The summed E-state index contributed by atoms with van der Waals surface area (Å²) in [6.07, 6.45) is 10.6. The van der Waals surface area contributed by atoms with Crippen molar-refractivity contribution in [3.63, 3.8) is 0 Å². The largest absolute Gasteiger partial charge is 0.350 e. The molecular weight excluding hydrogens is 210 g/mol. The summed E-state index contributed by atoms with van der Waals surface area (Å²) in [6, 6.07) is 0. The van der Waals surface area contributed by atoms with E-state index >= 15 is 0 Å². The average molecular weight is 231 g/mol. The molecule has 0 aromatic heterocycles. The molecular formula is C14H21N3. The van der Waals surface area contributed by atoms with Crippen LogP contribution in [0.15, 0.2) is 46.6 Å². The summed E-state index contributed by atoms with van der Waals surface area (Å²) in [4.78, 5) is 11.0. The summed E-state index contributed by atoms with van der Waals surface area (Å²) < 4.78 is 0. The van der Waals surface area contributed by atoms with E-state index in [9.17, 15) is 0 Å². The van der Waals surface area contributed by atoms with Crippen LogP contribution >= 0.6 is 0 Å². The van der Waals surface area contributed by atoms with Crippen LogP contribution in [0.5, 0.6) is 0 Å². The lowest BCUT2D eigenvalue weighted by atomic mass is 10.1. The van der Waals surface area contributed by atoms with E-state index < -0.39 is 0 Å². The predicted octanol–water partition coefficient (Wildman–Crippen LogP) is 3.17. The molecule has 92 valence electrons. The van der Waals surface area contributed by atoms with Gasteiger partial charge in [-0.05, 0) is 32.9 Å². The van der Waals surface area contributed by atoms with Gasteiger partial charge in [0.15, 0.2) is 0 Å². The van der Waals surface area contributed by atoms with Crippen LogP contribution in [-0.2, 0) is 0 Å². The van der Waals surface area contributed by atoms with Crippen LogP contribution in [0.25, 0.3) is 0 Å². The van der Waals surface area contributed by atoms with E-state index in [-0.39, 0.29) is 5.66 Å². The van der Waals surface area contributed by atoms with E-state index in [1.54, 1.807) is 6.08 Å². The summed E-state index contributed by atoms with van der Waals surface area (Å²) in [5.74, 6) is 0.823. The Balaban J connectivity index is 3.02. The van der Waals surface area contributed by atoms with Gasteiger partial charge in [-0.3, -0.25) is 0 Å². The number of allylic oxidation sites excluding steroid dienone is 4. The maximum atomic E-state index is 4.64. The lowest BCUT2D eigenvalue weighted by Gasteiger charge is -2.38. The highest BCUT2D eigenvalue weighted by Crippen LogP contribution is 2.26. The Hall–Kier alpha value is -1.64. The average Bonchev–Trinajstić information content (AvgIpc) is 2.27. The van der Waals surface area contributed by atoms with Crippen molar-refractivity contribution in [1.29, 1.82) is 0 Å². The van der Waals surface area contributed by atoms with E-state index in [0.717, 1.165) is 18.0 Å². The van der Waals surface area contributed by atoms with E-state index in [4.69, 9.17) is 0 Å². The Morgan fingerprint density at radius 3 is 2.82 bits per heavy atom. The number of likely N-dealkylation sites (N-methyl/N-ethyl adjacent to an activating group) is 1. The zero-order valence-corrected chi connectivity index (χ0v) is 11.1. The van der Waals surface area contributed by atoms with Crippen LogP contribution in [0.3, 0.4) is 0 Å². The number of amidine groups is 1. The van der Waals surface area contributed by atoms with Crippen molar-refractivity contribution in [2.75, 3.05) is 7.05 Å². The lowest BCUT2D eigenvalue weighted by Crippen LogP contribution is -2.43. The van der Waals surface area contributed by atoms with Gasteiger partial charge in [0.25, 0.3) is 0 Å². The van der Waals surface area contributed by atoms with Crippen molar-refractivity contribution in [1.82, 2.24) is 4.90 Å². The van der Waals surface area contributed by atoms with E-state index in [1.807, 2.05) is 39.3 Å². The maximum absolute atomic E-state index is 4.64. The number of aliphatic imine (C=N–C) groups is 2. The number of hydrogen-bond acceptors (Lipinski definition) is 3. The van der Waals surface area contributed by atoms with Gasteiger partial charge in [0.05, 0.1) is 0 Å². The van der Waals surface area contributed by atoms with Gasteiger partial charge in [-0.15, -0.1) is 0 Å². The Morgan fingerprint density at radius 2 is 2.29 bits per heavy atom. The summed E-state index contributed by atoms with van der Waals surface area (Å²) in [7, 11) is 2.05. The molecule has 1 aliphatic heterocycles. The third-order valence-electron chi connectivity index (χ3n) is 2.89. The van der Waals surface area contributed by atoms with Crippen molar-refractivity contribution in [2.24, 2.45) is 9.98 Å². The molecule has 0 saturated carbocycles. The first-order valence-electron chi connectivity index (χ1n) is 5.81. The second kappa shape index (κ2) is 5.62. The van der Waals surface area contributed by atoms with E-state index in [2.05, 4.69) is 34.5 Å². The Kier molecular flexibility index (Phi) is 4.44. The summed E-state index contributed by atoms with van der Waals surface area (Å²) >= 11 is 0. The van der Waals surface area contributed by atoms with Gasteiger partial charge in [-0.2, -0.15) is 0 Å². The standard InChI is InChI=1S/C14H21N3/c1-6-8-13(9-7-2)17(5)14(4)10-11-15-12(3)16-14/h6-9,11H,1,10H2,2-5H3/b9-7+,13-8+. The van der Waals surface area contributed by atoms with Gasteiger partial charge >= 0.3 is 0 Å². The topological polar surface area (TPSA) is 28.0 Å². The molecule has 0 N–H and O–H groups in total. The molecule has 1 aliphatic rings. The quantitative estimate of drug-likeness (QED) is 0.683. The first-order chi connectivity index (χ1) is 8.03. The van der Waals surface area contributed by atoms with Crippen LogP contribution in [0.4, 0.5) is 0 Å². The zero-order chi connectivity index (χ0) is 12.9. The van der Waals surface area contributed by atoms with Gasteiger partial charge < -0.3 is 4.90 Å². The van der Waals surface area contributed by atoms with Crippen LogP contribution in [0.1, 0.15) is 27.2 Å². The van der Waals surface area contributed by atoms with Crippen molar-refractivity contribution >= 4 is 12.1 Å². The monoisotopic (exact) mass is 231 g/mol. The minimum absolute atomic E-state index is 0.264. The second-order valence-electron chi connectivity index (χ2n) is 4.28. The van der Waals surface area contributed by atoms with Gasteiger partial charge in [0.2, 0.25) is 0 Å². The molecule has 1 rings (SSSR count). The highest BCUT2D eigenvalue weighted by Gasteiger charge is 2.30. The second-order valence-corrected chi connectivity index (χ2v) is 4.28. The molecule has 0 aromatic carbocycles. The minimum Gasteiger partial charge on any atom is -0.350 e. The molecule has 3 nitrogen and oxygen atoms in total. The summed E-state index contributed by atoms with van der Waals surface area (Å²) in [5, 5.41) is 0. The summed E-state index contributed by atoms with van der Waals surface area (Å²) in [5.41, 5.74) is 0.831. The molecule has 17 heavy (non-hydrogen) atoms. The predicted molar refractivity (Wildman–Crippen MR) is 75.5 cm³/mol. The molecule has 0 saturated heterocycles. The third kappa shape index (κ3) is 3.16. The molecule has 0 radical (unpaired) electrons. The van der Waals surface area contributed by atoms with Crippen molar-refractivity contribution in [2.45, 2.75) is 32.9 Å². The molecule has 0 fully saturated rings. The van der Waals surface area contributed by atoms with Gasteiger partial charge in [-0.1, -0.05) is 18.7 Å². The highest BCUT2D eigenvalue weighted by atomic mass is 15.3. The zero-order valence-electron chi connectivity index (χ0n) is 11.1. The van der Waals surface area contributed by atoms with Crippen LogP contribution in [0.2, 0.25) is 0 Å². The Morgan fingerprint density at radius 1 is 1.59 bits per heavy atom. The highest BCUT2D eigenvalue weighted by molar-refractivity contribution is 5.90. The molecule has 0 amide bonds. The SMILES string of the molecule is C=C/C=C(\C=C\C)N(C)C1(C)CC=NC(C)=N1. The molecule has 1 heterocycles. The maximum Gasteiger partial charge on any atom is 0.135 e. The Bertz CT molecular complexity index is 402. The van der Waals surface area contributed by atoms with Crippen LogP contribution in [-0.4, -0.2) is 29.7 Å². The Labute approximate surface area is 104 Å².